The predicted molar refractivity (Wildman–Crippen MR) is 104 cm³/mol. The average Bonchev–Trinajstić information content (AvgIpc) is 2.64. The molecule has 7 nitrogen and oxygen atoms in total. The van der Waals surface area contributed by atoms with Crippen LogP contribution in [-0.2, 0) is 0 Å². The lowest BCUT2D eigenvalue weighted by Crippen LogP contribution is -2.50. The largest absolute Gasteiger partial charge is 0.398 e. The number of nitrogen functional groups attached to an aromatic ring is 1. The SMILES string of the molecule is C[C@H]1CNCCN1c1ncnn2c(=O)c(-c3c(N)cccc3F)c(Cl)cc12. The second-order valence-corrected chi connectivity index (χ2v) is 6.91. The van der Waals surface area contributed by atoms with Gasteiger partial charge in [-0.2, -0.15) is 9.61 Å². The lowest BCUT2D eigenvalue weighted by Gasteiger charge is -2.35. The van der Waals surface area contributed by atoms with Crippen LogP contribution in [0.1, 0.15) is 6.92 Å². The van der Waals surface area contributed by atoms with E-state index in [4.69, 9.17) is 17.3 Å². The minimum atomic E-state index is -0.612. The van der Waals surface area contributed by atoms with Gasteiger partial charge in [0.05, 0.1) is 10.6 Å². The number of nitrogens with two attached hydrogens (primary N) is 1. The molecule has 9 heteroatoms. The molecule has 140 valence electrons. The molecule has 1 aromatic carbocycles. The number of hydrogen-bond acceptors (Lipinski definition) is 6. The van der Waals surface area contributed by atoms with Gasteiger partial charge in [-0.25, -0.2) is 9.37 Å². The first kappa shape index (κ1) is 17.7. The van der Waals surface area contributed by atoms with Crippen molar-refractivity contribution in [3.8, 4) is 11.1 Å². The van der Waals surface area contributed by atoms with Crippen LogP contribution in [0.25, 0.3) is 16.6 Å². The summed E-state index contributed by atoms with van der Waals surface area (Å²) in [5.74, 6) is 0.00464. The zero-order valence-electron chi connectivity index (χ0n) is 14.6. The Bertz CT molecular complexity index is 1070. The number of fused-ring (bicyclic) bond motifs is 1. The lowest BCUT2D eigenvalue weighted by molar-refractivity contribution is 0.497. The average molecular weight is 389 g/mol. The van der Waals surface area contributed by atoms with Crippen molar-refractivity contribution in [2.24, 2.45) is 0 Å². The smallest absolute Gasteiger partial charge is 0.281 e. The molecule has 1 atom stereocenters. The predicted octanol–water partition coefficient (Wildman–Crippen LogP) is 1.93. The van der Waals surface area contributed by atoms with Gasteiger partial charge in [-0.3, -0.25) is 4.79 Å². The number of nitrogens with one attached hydrogen (secondary N) is 1. The van der Waals surface area contributed by atoms with Crippen molar-refractivity contribution in [3.05, 3.63) is 51.8 Å². The normalized spacial score (nSPS) is 17.4. The van der Waals surface area contributed by atoms with Crippen LogP contribution in [0.2, 0.25) is 5.02 Å². The zero-order chi connectivity index (χ0) is 19.1. The summed E-state index contributed by atoms with van der Waals surface area (Å²) in [5, 5.41) is 7.50. The summed E-state index contributed by atoms with van der Waals surface area (Å²) in [5.41, 5.74) is 5.95. The number of aromatic nitrogens is 3. The van der Waals surface area contributed by atoms with E-state index in [0.29, 0.717) is 11.3 Å². The maximum atomic E-state index is 14.4. The topological polar surface area (TPSA) is 88.5 Å². The van der Waals surface area contributed by atoms with Crippen molar-refractivity contribution in [3.63, 3.8) is 0 Å². The standard InChI is InChI=1S/C18H18ClFN6O/c1-10-8-22-5-6-25(10)17-14-7-11(19)15(18(27)26(14)24-9-23-17)16-12(20)3-2-4-13(16)21/h2-4,7,9-10,22H,5-6,8,21H2,1H3/t10-/m0/s1. The van der Waals surface area contributed by atoms with Crippen molar-refractivity contribution in [1.29, 1.82) is 0 Å². The van der Waals surface area contributed by atoms with Gasteiger partial charge in [-0.15, -0.1) is 0 Å². The molecule has 27 heavy (non-hydrogen) atoms. The fourth-order valence-corrected chi connectivity index (χ4v) is 3.73. The molecule has 2 aromatic heterocycles. The Balaban J connectivity index is 1.98. The number of rotatable bonds is 2. The molecule has 0 aliphatic carbocycles. The van der Waals surface area contributed by atoms with Gasteiger partial charge < -0.3 is 16.0 Å². The highest BCUT2D eigenvalue weighted by Crippen LogP contribution is 2.33. The first-order valence-corrected chi connectivity index (χ1v) is 8.95. The van der Waals surface area contributed by atoms with Gasteiger partial charge in [0.15, 0.2) is 5.82 Å². The number of halogens is 2. The fourth-order valence-electron chi connectivity index (χ4n) is 3.45. The Morgan fingerprint density at radius 1 is 1.37 bits per heavy atom. The van der Waals surface area contributed by atoms with Gasteiger partial charge in [0.25, 0.3) is 5.56 Å². The molecule has 3 aromatic rings. The lowest BCUT2D eigenvalue weighted by atomic mass is 10.0. The number of hydrogen-bond donors (Lipinski definition) is 2. The van der Waals surface area contributed by atoms with Crippen molar-refractivity contribution in [2.45, 2.75) is 13.0 Å². The monoisotopic (exact) mass is 388 g/mol. The maximum absolute atomic E-state index is 14.4. The highest BCUT2D eigenvalue weighted by Gasteiger charge is 2.24. The maximum Gasteiger partial charge on any atom is 0.281 e. The van der Waals surface area contributed by atoms with E-state index in [-0.39, 0.29) is 27.9 Å². The summed E-state index contributed by atoms with van der Waals surface area (Å²) in [6.45, 7) is 4.42. The molecule has 3 N–H and O–H groups in total. The van der Waals surface area contributed by atoms with E-state index in [2.05, 4.69) is 27.2 Å². The van der Waals surface area contributed by atoms with E-state index in [9.17, 15) is 9.18 Å². The van der Waals surface area contributed by atoms with Gasteiger partial charge in [0.1, 0.15) is 17.7 Å². The Morgan fingerprint density at radius 3 is 2.93 bits per heavy atom. The van der Waals surface area contributed by atoms with Crippen LogP contribution in [0, 0.1) is 5.82 Å². The number of benzene rings is 1. The summed E-state index contributed by atoms with van der Waals surface area (Å²) in [7, 11) is 0. The third kappa shape index (κ3) is 2.90. The quantitative estimate of drug-likeness (QED) is 0.652. The van der Waals surface area contributed by atoms with Crippen LogP contribution >= 0.6 is 11.6 Å². The highest BCUT2D eigenvalue weighted by molar-refractivity contribution is 6.33. The molecular weight excluding hydrogens is 371 g/mol. The zero-order valence-corrected chi connectivity index (χ0v) is 15.4. The molecular formula is C18H18ClFN6O. The molecule has 1 aliphatic rings. The molecule has 1 aliphatic heterocycles. The first-order chi connectivity index (χ1) is 13.0. The number of nitrogens with zero attached hydrogens (tertiary/aromatic N) is 4. The van der Waals surface area contributed by atoms with Gasteiger partial charge in [-0.05, 0) is 25.1 Å². The molecule has 0 saturated carbocycles. The van der Waals surface area contributed by atoms with E-state index < -0.39 is 11.4 Å². The number of anilines is 2. The molecule has 4 rings (SSSR count). The van der Waals surface area contributed by atoms with Crippen LogP contribution in [0.4, 0.5) is 15.9 Å². The van der Waals surface area contributed by atoms with E-state index in [1.165, 1.54) is 29.0 Å². The van der Waals surface area contributed by atoms with Crippen LogP contribution in [0.3, 0.4) is 0 Å². The Morgan fingerprint density at radius 2 is 2.19 bits per heavy atom. The molecule has 1 fully saturated rings. The van der Waals surface area contributed by atoms with Crippen molar-refractivity contribution >= 4 is 28.6 Å². The van der Waals surface area contributed by atoms with E-state index in [1.807, 2.05) is 0 Å². The first-order valence-electron chi connectivity index (χ1n) is 8.57. The van der Waals surface area contributed by atoms with Crippen LogP contribution in [0.5, 0.6) is 0 Å². The molecule has 0 amide bonds. The van der Waals surface area contributed by atoms with Gasteiger partial charge in [0.2, 0.25) is 0 Å². The molecule has 1 saturated heterocycles. The van der Waals surface area contributed by atoms with Crippen LogP contribution < -0.4 is 21.5 Å². The van der Waals surface area contributed by atoms with E-state index >= 15 is 0 Å². The van der Waals surface area contributed by atoms with Crippen molar-refractivity contribution in [1.82, 2.24) is 19.9 Å². The van der Waals surface area contributed by atoms with E-state index in [1.54, 1.807) is 6.07 Å². The molecule has 3 heterocycles. The summed E-state index contributed by atoms with van der Waals surface area (Å²) < 4.78 is 15.6. The second-order valence-electron chi connectivity index (χ2n) is 6.50. The molecule has 0 spiro atoms. The minimum absolute atomic E-state index is 0.0113. The van der Waals surface area contributed by atoms with Gasteiger partial charge >= 0.3 is 0 Å². The summed E-state index contributed by atoms with van der Waals surface area (Å²) in [4.78, 5) is 19.6. The van der Waals surface area contributed by atoms with Gasteiger partial charge in [-0.1, -0.05) is 17.7 Å². The Labute approximate surface area is 159 Å². The molecule has 0 unspecified atom stereocenters. The van der Waals surface area contributed by atoms with Gasteiger partial charge in [0, 0.05) is 36.9 Å². The molecule has 0 radical (unpaired) electrons. The van der Waals surface area contributed by atoms with Crippen LogP contribution in [-0.4, -0.2) is 40.3 Å². The minimum Gasteiger partial charge on any atom is -0.398 e. The Kier molecular flexibility index (Phi) is 4.45. The third-order valence-corrected chi connectivity index (χ3v) is 5.08. The van der Waals surface area contributed by atoms with Crippen molar-refractivity contribution < 1.29 is 4.39 Å². The summed E-state index contributed by atoms with van der Waals surface area (Å²) in [6, 6.07) is 6.02. The second kappa shape index (κ2) is 6.79. The van der Waals surface area contributed by atoms with E-state index in [0.717, 1.165) is 19.6 Å². The fraction of sp³-hybridized carbons (Fsp3) is 0.278. The summed E-state index contributed by atoms with van der Waals surface area (Å²) >= 11 is 6.41. The summed E-state index contributed by atoms with van der Waals surface area (Å²) in [6.07, 6.45) is 1.32. The van der Waals surface area contributed by atoms with Crippen molar-refractivity contribution in [2.75, 3.05) is 30.3 Å². The third-order valence-electron chi connectivity index (χ3n) is 4.78. The molecule has 0 bridgehead atoms. The Hall–Kier alpha value is -2.71. The highest BCUT2D eigenvalue weighted by atomic mass is 35.5. The number of pyridine rings is 1. The van der Waals surface area contributed by atoms with Crippen LogP contribution in [0.15, 0.2) is 35.4 Å². The number of piperazine rings is 1.